The zero-order valence-corrected chi connectivity index (χ0v) is 12.8. The minimum Gasteiger partial charge on any atom is -0.494 e. The zero-order valence-electron chi connectivity index (χ0n) is 11.2. The van der Waals surface area contributed by atoms with Crippen molar-refractivity contribution in [3.8, 4) is 5.75 Å². The maximum atomic E-state index is 12.3. The summed E-state index contributed by atoms with van der Waals surface area (Å²) >= 11 is 3.39. The Bertz CT molecular complexity index is 656. The second-order valence-corrected chi connectivity index (χ2v) is 5.26. The van der Waals surface area contributed by atoms with E-state index in [0.717, 1.165) is 15.7 Å². The lowest BCUT2D eigenvalue weighted by Gasteiger charge is -2.12. The molecule has 2 aromatic rings. The van der Waals surface area contributed by atoms with Crippen molar-refractivity contribution < 1.29 is 9.53 Å². The van der Waals surface area contributed by atoms with Crippen molar-refractivity contribution >= 4 is 33.2 Å². The smallest absolute Gasteiger partial charge is 0.259 e. The molecule has 0 aliphatic carbocycles. The van der Waals surface area contributed by atoms with Gasteiger partial charge in [0, 0.05) is 10.2 Å². The Balaban J connectivity index is 2.33. The van der Waals surface area contributed by atoms with Crippen molar-refractivity contribution in [3.05, 3.63) is 52.0 Å². The zero-order chi connectivity index (χ0) is 14.7. The van der Waals surface area contributed by atoms with Crippen LogP contribution in [0.5, 0.6) is 5.75 Å². The van der Waals surface area contributed by atoms with Crippen LogP contribution in [0.15, 0.2) is 40.9 Å². The third kappa shape index (κ3) is 2.93. The molecule has 20 heavy (non-hydrogen) atoms. The van der Waals surface area contributed by atoms with Gasteiger partial charge in [0.25, 0.3) is 5.91 Å². The summed E-state index contributed by atoms with van der Waals surface area (Å²) in [4.78, 5) is 12.3. The van der Waals surface area contributed by atoms with E-state index in [1.165, 1.54) is 7.11 Å². The van der Waals surface area contributed by atoms with Gasteiger partial charge in [-0.3, -0.25) is 4.79 Å². The van der Waals surface area contributed by atoms with E-state index in [2.05, 4.69) is 21.2 Å². The largest absolute Gasteiger partial charge is 0.494 e. The van der Waals surface area contributed by atoms with Crippen molar-refractivity contribution in [2.75, 3.05) is 18.2 Å². The molecule has 5 heteroatoms. The molecule has 2 rings (SSSR count). The Kier molecular flexibility index (Phi) is 4.29. The second-order valence-electron chi connectivity index (χ2n) is 4.34. The van der Waals surface area contributed by atoms with Gasteiger partial charge in [0.1, 0.15) is 0 Å². The lowest BCUT2D eigenvalue weighted by atomic mass is 10.1. The van der Waals surface area contributed by atoms with Gasteiger partial charge >= 0.3 is 0 Å². The fraction of sp³-hybridized carbons (Fsp3) is 0.133. The molecular formula is C15H15BrN2O2. The Hall–Kier alpha value is -2.01. The van der Waals surface area contributed by atoms with Crippen LogP contribution in [0.25, 0.3) is 0 Å². The first-order chi connectivity index (χ1) is 9.52. The van der Waals surface area contributed by atoms with Crippen LogP contribution in [0.4, 0.5) is 11.4 Å². The number of aryl methyl sites for hydroxylation is 1. The average Bonchev–Trinajstić information content (AvgIpc) is 2.42. The van der Waals surface area contributed by atoms with Crippen LogP contribution in [0, 0.1) is 6.92 Å². The molecule has 1 amide bonds. The van der Waals surface area contributed by atoms with Gasteiger partial charge in [-0.1, -0.05) is 28.1 Å². The lowest BCUT2D eigenvalue weighted by molar-refractivity contribution is 0.102. The summed E-state index contributed by atoms with van der Waals surface area (Å²) in [6.45, 7) is 1.93. The van der Waals surface area contributed by atoms with Crippen LogP contribution >= 0.6 is 15.9 Å². The molecule has 0 radical (unpaired) electrons. The first-order valence-corrected chi connectivity index (χ1v) is 6.82. The van der Waals surface area contributed by atoms with E-state index < -0.39 is 0 Å². The monoisotopic (exact) mass is 334 g/mol. The molecule has 0 spiro atoms. The number of para-hydroxylation sites is 1. The standard InChI is InChI=1S/C15H15BrN2O2/c1-9-6-7-10(16)8-13(9)18-15(19)11-4-3-5-12(17)14(11)20-2/h3-8H,17H2,1-2H3,(H,18,19). The number of amides is 1. The first kappa shape index (κ1) is 14.4. The molecule has 0 saturated carbocycles. The van der Waals surface area contributed by atoms with Crippen molar-refractivity contribution in [1.82, 2.24) is 0 Å². The molecule has 0 aromatic heterocycles. The van der Waals surface area contributed by atoms with Gasteiger partial charge in [-0.15, -0.1) is 0 Å². The summed E-state index contributed by atoms with van der Waals surface area (Å²) in [5.41, 5.74) is 8.37. The van der Waals surface area contributed by atoms with Crippen molar-refractivity contribution in [2.45, 2.75) is 6.92 Å². The van der Waals surface area contributed by atoms with Gasteiger partial charge in [0.15, 0.2) is 5.75 Å². The van der Waals surface area contributed by atoms with Gasteiger partial charge < -0.3 is 15.8 Å². The SMILES string of the molecule is COc1c(N)cccc1C(=O)Nc1cc(Br)ccc1C. The summed E-state index contributed by atoms with van der Waals surface area (Å²) in [7, 11) is 1.49. The first-order valence-electron chi connectivity index (χ1n) is 6.03. The van der Waals surface area contributed by atoms with Gasteiger partial charge in [0.2, 0.25) is 0 Å². The van der Waals surface area contributed by atoms with E-state index in [1.54, 1.807) is 18.2 Å². The quantitative estimate of drug-likeness (QED) is 0.843. The van der Waals surface area contributed by atoms with E-state index in [-0.39, 0.29) is 5.91 Å². The number of benzene rings is 2. The molecule has 2 aromatic carbocycles. The molecule has 3 N–H and O–H groups in total. The number of rotatable bonds is 3. The third-order valence-electron chi connectivity index (χ3n) is 2.94. The molecule has 0 atom stereocenters. The van der Waals surface area contributed by atoms with Crippen LogP contribution < -0.4 is 15.8 Å². The van der Waals surface area contributed by atoms with E-state index in [0.29, 0.717) is 17.0 Å². The Morgan fingerprint density at radius 2 is 2.05 bits per heavy atom. The third-order valence-corrected chi connectivity index (χ3v) is 3.44. The molecular weight excluding hydrogens is 320 g/mol. The van der Waals surface area contributed by atoms with E-state index in [4.69, 9.17) is 10.5 Å². The van der Waals surface area contributed by atoms with Crippen LogP contribution in [0.1, 0.15) is 15.9 Å². The minimum atomic E-state index is -0.254. The highest BCUT2D eigenvalue weighted by Crippen LogP contribution is 2.27. The van der Waals surface area contributed by atoms with Crippen LogP contribution in [-0.4, -0.2) is 13.0 Å². The fourth-order valence-electron chi connectivity index (χ4n) is 1.88. The topological polar surface area (TPSA) is 64.3 Å². The molecule has 0 fully saturated rings. The van der Waals surface area contributed by atoms with E-state index >= 15 is 0 Å². The molecule has 0 unspecified atom stereocenters. The number of methoxy groups -OCH3 is 1. The average molecular weight is 335 g/mol. The molecule has 0 heterocycles. The van der Waals surface area contributed by atoms with Gasteiger partial charge in [-0.2, -0.15) is 0 Å². The summed E-state index contributed by atoms with van der Waals surface area (Å²) in [6.07, 6.45) is 0. The normalized spacial score (nSPS) is 10.2. The number of carbonyl (C=O) groups is 1. The lowest BCUT2D eigenvalue weighted by Crippen LogP contribution is -2.14. The van der Waals surface area contributed by atoms with Crippen LogP contribution in [0.2, 0.25) is 0 Å². The maximum absolute atomic E-state index is 12.3. The highest BCUT2D eigenvalue weighted by molar-refractivity contribution is 9.10. The molecule has 0 aliphatic heterocycles. The number of hydrogen-bond acceptors (Lipinski definition) is 3. The predicted octanol–water partition coefficient (Wildman–Crippen LogP) is 3.60. The molecule has 0 aliphatic rings. The fourth-order valence-corrected chi connectivity index (χ4v) is 2.24. The number of nitrogen functional groups attached to an aromatic ring is 1. The number of halogens is 1. The number of nitrogens with one attached hydrogen (secondary N) is 1. The number of anilines is 2. The molecule has 4 nitrogen and oxygen atoms in total. The molecule has 0 saturated heterocycles. The minimum absolute atomic E-state index is 0.254. The molecule has 104 valence electrons. The number of hydrogen-bond donors (Lipinski definition) is 2. The van der Waals surface area contributed by atoms with Crippen molar-refractivity contribution in [2.24, 2.45) is 0 Å². The van der Waals surface area contributed by atoms with Crippen LogP contribution in [0.3, 0.4) is 0 Å². The number of ether oxygens (including phenoxy) is 1. The van der Waals surface area contributed by atoms with Crippen molar-refractivity contribution in [1.29, 1.82) is 0 Å². The molecule has 0 bridgehead atoms. The van der Waals surface area contributed by atoms with Gasteiger partial charge in [-0.25, -0.2) is 0 Å². The Morgan fingerprint density at radius 1 is 1.30 bits per heavy atom. The van der Waals surface area contributed by atoms with E-state index in [1.807, 2.05) is 25.1 Å². The highest BCUT2D eigenvalue weighted by atomic mass is 79.9. The predicted molar refractivity (Wildman–Crippen MR) is 84.2 cm³/mol. The number of nitrogens with two attached hydrogens (primary N) is 1. The van der Waals surface area contributed by atoms with Gasteiger partial charge in [-0.05, 0) is 36.8 Å². The summed E-state index contributed by atoms with van der Waals surface area (Å²) in [6, 6.07) is 10.8. The Labute approximate surface area is 126 Å². The van der Waals surface area contributed by atoms with Gasteiger partial charge in [0.05, 0.1) is 18.4 Å². The Morgan fingerprint density at radius 3 is 2.75 bits per heavy atom. The summed E-state index contributed by atoms with van der Waals surface area (Å²) in [5, 5.41) is 2.86. The highest BCUT2D eigenvalue weighted by Gasteiger charge is 2.15. The van der Waals surface area contributed by atoms with Crippen molar-refractivity contribution in [3.63, 3.8) is 0 Å². The summed E-state index contributed by atoms with van der Waals surface area (Å²) in [5.74, 6) is 0.132. The number of carbonyl (C=O) groups excluding carboxylic acids is 1. The van der Waals surface area contributed by atoms with Crippen LogP contribution in [-0.2, 0) is 0 Å². The maximum Gasteiger partial charge on any atom is 0.259 e. The second kappa shape index (κ2) is 5.96. The summed E-state index contributed by atoms with van der Waals surface area (Å²) < 4.78 is 6.09. The van der Waals surface area contributed by atoms with E-state index in [9.17, 15) is 4.79 Å².